The number of rotatable bonds is 9. The van der Waals surface area contributed by atoms with Crippen LogP contribution in [-0.4, -0.2) is 68.5 Å². The summed E-state index contributed by atoms with van der Waals surface area (Å²) in [5.41, 5.74) is 4.62. The van der Waals surface area contributed by atoms with Crippen LogP contribution in [0.25, 0.3) is 11.2 Å². The van der Waals surface area contributed by atoms with Crippen LogP contribution in [0.4, 0.5) is 5.95 Å². The summed E-state index contributed by atoms with van der Waals surface area (Å²) >= 11 is 0. The molecule has 2 aromatic rings. The normalized spacial score (nSPS) is 25.6. The van der Waals surface area contributed by atoms with Crippen LogP contribution in [0.3, 0.4) is 0 Å². The second-order valence-electron chi connectivity index (χ2n) is 6.04. The van der Waals surface area contributed by atoms with E-state index in [4.69, 9.17) is 25.2 Å². The Hall–Kier alpha value is -1.63. The summed E-state index contributed by atoms with van der Waals surface area (Å²) in [4.78, 5) is 57.5. The Balaban J connectivity index is 1.59. The van der Waals surface area contributed by atoms with Crippen molar-refractivity contribution in [2.24, 2.45) is 0 Å². The highest BCUT2D eigenvalue weighted by molar-refractivity contribution is 7.66. The summed E-state index contributed by atoms with van der Waals surface area (Å²) < 4.78 is 50.8. The van der Waals surface area contributed by atoms with Crippen LogP contribution in [0.2, 0.25) is 0 Å². The average molecular weight is 524 g/mol. The predicted molar refractivity (Wildman–Crippen MR) is 95.8 cm³/mol. The van der Waals surface area contributed by atoms with E-state index in [0.29, 0.717) is 0 Å². The fourth-order valence-electron chi connectivity index (χ4n) is 2.52. The van der Waals surface area contributed by atoms with Gasteiger partial charge >= 0.3 is 23.5 Å². The molecule has 1 fully saturated rings. The van der Waals surface area contributed by atoms with Crippen molar-refractivity contribution in [2.75, 3.05) is 12.3 Å². The van der Waals surface area contributed by atoms with Crippen molar-refractivity contribution in [1.29, 1.82) is 0 Å². The monoisotopic (exact) mass is 524 g/mol. The fourth-order valence-corrected chi connectivity index (χ4v) is 5.33. The molecule has 0 spiro atoms. The Labute approximate surface area is 175 Å². The summed E-state index contributed by atoms with van der Waals surface area (Å²) in [7, 11) is -16.8. The number of aromatic amines is 1. The largest absolute Gasteiger partial charge is 0.508 e. The number of nitrogens with two attached hydrogens (primary N) is 1. The van der Waals surface area contributed by atoms with Gasteiger partial charge in [-0.25, -0.2) is 18.6 Å². The number of fused-ring (bicyclic) bond motifs is 1. The van der Waals surface area contributed by atoms with Crippen molar-refractivity contribution >= 4 is 40.6 Å². The molecule has 0 amide bonds. The average Bonchev–Trinajstić information content (AvgIpc) is 3.15. The molecule has 0 saturated carbocycles. The highest BCUT2D eigenvalue weighted by Crippen LogP contribution is 2.66. The molecule has 23 heteroatoms. The maximum Gasteiger partial charge on any atom is 0.508 e. The van der Waals surface area contributed by atoms with Crippen molar-refractivity contribution < 1.29 is 61.3 Å². The molecule has 0 radical (unpaired) electrons. The third kappa shape index (κ3) is 6.24. The van der Waals surface area contributed by atoms with Gasteiger partial charge in [-0.15, -0.1) is 9.77 Å². The molecule has 0 aromatic carbocycles. The molecular weight excluding hydrogens is 509 g/mol. The quantitative estimate of drug-likeness (QED) is 0.106. The van der Waals surface area contributed by atoms with Gasteiger partial charge in [0.1, 0.15) is 12.7 Å². The minimum Gasteiger partial charge on any atom is -0.390 e. The van der Waals surface area contributed by atoms with Gasteiger partial charge in [0.2, 0.25) is 5.95 Å². The highest BCUT2D eigenvalue weighted by atomic mass is 31.3. The van der Waals surface area contributed by atoms with Gasteiger partial charge in [0.15, 0.2) is 17.4 Å². The molecule has 2 aromatic heterocycles. The van der Waals surface area contributed by atoms with Crippen molar-refractivity contribution in [2.45, 2.75) is 24.9 Å². The first-order valence-corrected chi connectivity index (χ1v) is 12.6. The first-order valence-electron chi connectivity index (χ1n) is 8.05. The van der Waals surface area contributed by atoms with Crippen LogP contribution in [-0.2, 0) is 36.6 Å². The van der Waals surface area contributed by atoms with Crippen LogP contribution in [0.5, 0.6) is 0 Å². The molecule has 8 N–H and O–H groups in total. The molecule has 1 aliphatic rings. The van der Waals surface area contributed by atoms with Crippen LogP contribution in [0, 0.1) is 0 Å². The molecule has 3 rings (SSSR count). The predicted octanol–water partition coefficient (Wildman–Crippen LogP) is -1.98. The maximum absolute atomic E-state index is 11.8. The van der Waals surface area contributed by atoms with Gasteiger partial charge in [-0.3, -0.25) is 9.78 Å². The van der Waals surface area contributed by atoms with E-state index in [1.165, 1.54) is 0 Å². The second-order valence-corrected chi connectivity index (χ2v) is 10.4. The number of aliphatic hydroxyl groups excluding tert-OH is 1. The first-order chi connectivity index (χ1) is 14.7. The summed E-state index contributed by atoms with van der Waals surface area (Å²) in [5, 5.41) is 17.4. The van der Waals surface area contributed by atoms with Crippen LogP contribution in [0.1, 0.15) is 12.6 Å². The number of aromatic nitrogens is 5. The Morgan fingerprint density at radius 3 is 2.53 bits per heavy atom. The first kappa shape index (κ1) is 25.0. The van der Waals surface area contributed by atoms with E-state index < -0.39 is 54.1 Å². The van der Waals surface area contributed by atoms with Crippen LogP contribution < -0.4 is 11.3 Å². The van der Waals surface area contributed by atoms with Crippen LogP contribution >= 0.6 is 23.5 Å². The lowest BCUT2D eigenvalue weighted by atomic mass is 10.2. The van der Waals surface area contributed by atoms with Crippen molar-refractivity contribution in [3.8, 4) is 0 Å². The SMILES string of the molecule is Nc1nc2c(nnn2[C@@H]2C[C@H](O)[C@@H](COOP(=O)(O)OP(=O)(O)OP(=O)(O)O)O2)c(=O)[nH]1. The number of H-pyrrole nitrogens is 1. The lowest BCUT2D eigenvalue weighted by molar-refractivity contribution is -0.245. The van der Waals surface area contributed by atoms with Crippen LogP contribution in [0.15, 0.2) is 4.79 Å². The number of hydrogen-bond acceptors (Lipinski definition) is 14. The summed E-state index contributed by atoms with van der Waals surface area (Å²) in [6.45, 7) is -0.733. The van der Waals surface area contributed by atoms with E-state index in [2.05, 4.69) is 38.5 Å². The van der Waals surface area contributed by atoms with Crippen molar-refractivity contribution in [3.05, 3.63) is 10.4 Å². The second kappa shape index (κ2) is 8.96. The number of aliphatic hydroxyl groups is 1. The van der Waals surface area contributed by atoms with Gasteiger partial charge in [0, 0.05) is 6.42 Å². The zero-order valence-corrected chi connectivity index (χ0v) is 17.9. The van der Waals surface area contributed by atoms with E-state index in [-0.39, 0.29) is 23.5 Å². The Morgan fingerprint density at radius 1 is 1.19 bits per heavy atom. The number of nitrogens with one attached hydrogen (secondary N) is 1. The molecule has 5 atom stereocenters. The molecule has 32 heavy (non-hydrogen) atoms. The number of anilines is 1. The van der Waals surface area contributed by atoms with Crippen molar-refractivity contribution in [3.63, 3.8) is 0 Å². The highest BCUT2D eigenvalue weighted by Gasteiger charge is 2.42. The zero-order chi connectivity index (χ0) is 23.9. The molecule has 0 aliphatic carbocycles. The molecule has 1 saturated heterocycles. The summed E-state index contributed by atoms with van der Waals surface area (Å²) in [6, 6.07) is 0. The van der Waals surface area contributed by atoms with E-state index in [1.807, 2.05) is 0 Å². The summed E-state index contributed by atoms with van der Waals surface area (Å²) in [5.74, 6) is -0.222. The third-order valence-electron chi connectivity index (χ3n) is 3.62. The number of phosphoric acid groups is 3. The van der Waals surface area contributed by atoms with Gasteiger partial charge in [-0.1, -0.05) is 5.21 Å². The van der Waals surface area contributed by atoms with E-state index in [9.17, 15) is 28.5 Å². The lowest BCUT2D eigenvalue weighted by Crippen LogP contribution is -2.26. The van der Waals surface area contributed by atoms with Gasteiger partial charge < -0.3 is 35.2 Å². The minimum atomic E-state index is -5.71. The van der Waals surface area contributed by atoms with E-state index >= 15 is 0 Å². The molecule has 1 aliphatic heterocycles. The van der Waals surface area contributed by atoms with E-state index in [0.717, 1.165) is 4.68 Å². The third-order valence-corrected chi connectivity index (χ3v) is 7.25. The van der Waals surface area contributed by atoms with Gasteiger partial charge in [-0.05, 0) is 0 Å². The Bertz CT molecular complexity index is 1190. The fraction of sp³-hybridized carbons (Fsp3) is 0.556. The zero-order valence-electron chi connectivity index (χ0n) is 15.3. The minimum absolute atomic E-state index is 0.0433. The van der Waals surface area contributed by atoms with E-state index in [1.54, 1.807) is 0 Å². The van der Waals surface area contributed by atoms with Gasteiger partial charge in [0.25, 0.3) is 5.56 Å². The topological polar surface area (TPSA) is 301 Å². The number of nitrogens with zero attached hydrogens (tertiary/aromatic N) is 4. The molecule has 0 bridgehead atoms. The van der Waals surface area contributed by atoms with Gasteiger partial charge in [0.05, 0.1) is 6.10 Å². The molecular formula is C9H15N6O14P3. The number of hydrogen-bond donors (Lipinski definition) is 7. The Kier molecular flexibility index (Phi) is 7.00. The molecule has 180 valence electrons. The summed E-state index contributed by atoms with van der Waals surface area (Å²) in [6.07, 6.45) is -3.58. The lowest BCUT2D eigenvalue weighted by Gasteiger charge is -2.17. The molecule has 20 nitrogen and oxygen atoms in total. The van der Waals surface area contributed by atoms with Crippen molar-refractivity contribution in [1.82, 2.24) is 25.0 Å². The number of ether oxygens (including phenoxy) is 1. The molecule has 2 unspecified atom stereocenters. The maximum atomic E-state index is 11.8. The van der Waals surface area contributed by atoms with Gasteiger partial charge in [-0.2, -0.15) is 18.3 Å². The Morgan fingerprint density at radius 2 is 1.88 bits per heavy atom. The standard InChI is InChI=1S/C9H15N6O14P3/c10-9-11-7-6(8(17)12-9)13-14-15(7)5-1-3(16)4(26-5)2-25-27-31(21,22)29-32(23,24)28-30(18,19)20/h3-5,16H,1-2H2,(H,21,22)(H,23,24)(H2,18,19,20)(H3,10,11,12,17)/t3-,4+,5-/m0/s1. The molecule has 3 heterocycles. The smallest absolute Gasteiger partial charge is 0.390 e. The number of nitrogen functional groups attached to an aromatic ring is 1.